The predicted octanol–water partition coefficient (Wildman–Crippen LogP) is 2.76. The molecule has 36 heavy (non-hydrogen) atoms. The van der Waals surface area contributed by atoms with Gasteiger partial charge < -0.3 is 24.8 Å². The molecule has 0 unspecified atom stereocenters. The molecule has 4 aromatic rings. The number of fused-ring (bicyclic) bond motifs is 5. The molecule has 2 aliphatic rings. The molecule has 188 valence electrons. The first-order valence-electron chi connectivity index (χ1n) is 12.9. The maximum atomic E-state index is 13.7. The number of nitrogens with one attached hydrogen (secondary N) is 2. The summed E-state index contributed by atoms with van der Waals surface area (Å²) in [6.07, 6.45) is 4.69. The number of nitrogens with zero attached hydrogens (tertiary/aromatic N) is 4. The summed E-state index contributed by atoms with van der Waals surface area (Å²) < 4.78 is 9.58. The van der Waals surface area contributed by atoms with E-state index in [0.717, 1.165) is 50.1 Å². The number of para-hydroxylation sites is 2. The van der Waals surface area contributed by atoms with Crippen molar-refractivity contribution in [1.29, 1.82) is 0 Å². The highest BCUT2D eigenvalue weighted by Gasteiger charge is 2.24. The van der Waals surface area contributed by atoms with Crippen molar-refractivity contribution in [3.63, 3.8) is 0 Å². The van der Waals surface area contributed by atoms with E-state index in [1.165, 1.54) is 12.8 Å². The van der Waals surface area contributed by atoms with Gasteiger partial charge in [0.05, 0.1) is 22.5 Å². The minimum Gasteiger partial charge on any atom is -0.376 e. The van der Waals surface area contributed by atoms with E-state index < -0.39 is 0 Å². The van der Waals surface area contributed by atoms with Crippen LogP contribution < -0.4 is 16.1 Å². The molecule has 0 spiro atoms. The summed E-state index contributed by atoms with van der Waals surface area (Å²) in [5.41, 5.74) is 2.77. The molecule has 6 rings (SSSR count). The van der Waals surface area contributed by atoms with Gasteiger partial charge in [0.25, 0.3) is 5.91 Å². The number of aromatic nitrogens is 3. The fourth-order valence-corrected chi connectivity index (χ4v) is 5.59. The molecule has 0 bridgehead atoms. The zero-order valence-electron chi connectivity index (χ0n) is 20.6. The van der Waals surface area contributed by atoms with Gasteiger partial charge in [-0.25, -0.2) is 4.98 Å². The zero-order valence-corrected chi connectivity index (χ0v) is 20.6. The molecule has 5 heterocycles. The van der Waals surface area contributed by atoms with Crippen molar-refractivity contribution < 1.29 is 9.53 Å². The largest absolute Gasteiger partial charge is 0.376 e. The van der Waals surface area contributed by atoms with Crippen LogP contribution in [-0.2, 0) is 11.8 Å². The maximum absolute atomic E-state index is 13.7. The lowest BCUT2D eigenvalue weighted by Gasteiger charge is -2.15. The molecule has 2 fully saturated rings. The van der Waals surface area contributed by atoms with Gasteiger partial charge in [-0.15, -0.1) is 0 Å². The summed E-state index contributed by atoms with van der Waals surface area (Å²) in [6, 6.07) is 11.5. The predicted molar refractivity (Wildman–Crippen MR) is 141 cm³/mol. The van der Waals surface area contributed by atoms with Gasteiger partial charge in [-0.05, 0) is 63.0 Å². The van der Waals surface area contributed by atoms with Crippen LogP contribution in [0.2, 0.25) is 0 Å². The van der Waals surface area contributed by atoms with E-state index >= 15 is 0 Å². The number of pyridine rings is 2. The van der Waals surface area contributed by atoms with Crippen molar-refractivity contribution in [3.05, 3.63) is 52.2 Å². The number of anilines is 1. The van der Waals surface area contributed by atoms with E-state index in [2.05, 4.69) is 15.5 Å². The number of aryl methyl sites for hydroxylation is 1. The van der Waals surface area contributed by atoms with Gasteiger partial charge in [-0.3, -0.25) is 14.0 Å². The number of carbonyl (C=O) groups is 1. The number of hydrogen-bond acceptors (Lipinski definition) is 6. The van der Waals surface area contributed by atoms with E-state index in [1.807, 2.05) is 46.3 Å². The van der Waals surface area contributed by atoms with Crippen LogP contribution in [0.15, 0.2) is 41.2 Å². The van der Waals surface area contributed by atoms with Crippen LogP contribution in [0.4, 0.5) is 5.82 Å². The normalized spacial score (nSPS) is 18.5. The number of imidazole rings is 1. The topological polar surface area (TPSA) is 92.9 Å². The lowest BCUT2D eigenvalue weighted by molar-refractivity contribution is 0.0950. The van der Waals surface area contributed by atoms with Crippen LogP contribution in [-0.4, -0.2) is 70.2 Å². The van der Waals surface area contributed by atoms with Crippen LogP contribution in [0.5, 0.6) is 0 Å². The molecule has 1 aromatic carbocycles. The molecule has 9 nitrogen and oxygen atoms in total. The minimum absolute atomic E-state index is 0.157. The van der Waals surface area contributed by atoms with E-state index in [4.69, 9.17) is 9.72 Å². The first-order chi connectivity index (χ1) is 17.6. The standard InChI is InChI=1S/C27H32N6O3/c1-31-20-8-2-3-9-21(20)33-25-19(10-11-22(30-25)29-17-18-7-6-16-36-18)24(34)23(27(31)33)26(35)28-12-15-32-13-4-5-14-32/h2-3,8-11,18H,4-7,12-17H2,1H3,(H,28,35)(H,29,30)/t18-/m0/s1. The highest BCUT2D eigenvalue weighted by molar-refractivity contribution is 6.05. The Morgan fingerprint density at radius 2 is 1.92 bits per heavy atom. The molecule has 0 radical (unpaired) electrons. The van der Waals surface area contributed by atoms with Crippen molar-refractivity contribution in [2.75, 3.05) is 44.6 Å². The molecule has 9 heteroatoms. The lowest BCUT2D eigenvalue weighted by atomic mass is 10.1. The van der Waals surface area contributed by atoms with Crippen molar-refractivity contribution >= 4 is 39.4 Å². The third-order valence-electron chi connectivity index (χ3n) is 7.47. The maximum Gasteiger partial charge on any atom is 0.259 e. The molecule has 2 N–H and O–H groups in total. The fourth-order valence-electron chi connectivity index (χ4n) is 5.59. The highest BCUT2D eigenvalue weighted by atomic mass is 16.5. The number of likely N-dealkylation sites (tertiary alicyclic amines) is 1. The second kappa shape index (κ2) is 9.55. The Kier molecular flexibility index (Phi) is 6.10. The van der Waals surface area contributed by atoms with Crippen molar-refractivity contribution in [3.8, 4) is 0 Å². The van der Waals surface area contributed by atoms with Crippen molar-refractivity contribution in [2.45, 2.75) is 31.8 Å². The number of ether oxygens (including phenoxy) is 1. The Hall–Kier alpha value is -3.43. The van der Waals surface area contributed by atoms with Gasteiger partial charge in [-0.2, -0.15) is 0 Å². The fraction of sp³-hybridized carbons (Fsp3) is 0.444. The molecule has 3 aromatic heterocycles. The molecule has 1 amide bonds. The van der Waals surface area contributed by atoms with E-state index in [0.29, 0.717) is 35.6 Å². The Morgan fingerprint density at radius 3 is 2.69 bits per heavy atom. The van der Waals surface area contributed by atoms with Crippen molar-refractivity contribution in [2.24, 2.45) is 7.05 Å². The third kappa shape index (κ3) is 4.02. The molecule has 1 atom stereocenters. The van der Waals surface area contributed by atoms with Crippen LogP contribution in [0.3, 0.4) is 0 Å². The minimum atomic E-state index is -0.343. The summed E-state index contributed by atoms with van der Waals surface area (Å²) >= 11 is 0. The summed E-state index contributed by atoms with van der Waals surface area (Å²) in [5, 5.41) is 6.80. The second-order valence-corrected chi connectivity index (χ2v) is 9.80. The summed E-state index contributed by atoms with van der Waals surface area (Å²) in [6.45, 7) is 4.90. The Bertz CT molecular complexity index is 1490. The number of amides is 1. The highest BCUT2D eigenvalue weighted by Crippen LogP contribution is 2.26. The second-order valence-electron chi connectivity index (χ2n) is 9.80. The first-order valence-corrected chi connectivity index (χ1v) is 12.9. The zero-order chi connectivity index (χ0) is 24.6. The average molecular weight is 489 g/mol. The van der Waals surface area contributed by atoms with Gasteiger partial charge in [0, 0.05) is 33.3 Å². The smallest absolute Gasteiger partial charge is 0.259 e. The lowest BCUT2D eigenvalue weighted by Crippen LogP contribution is -2.36. The van der Waals surface area contributed by atoms with E-state index in [1.54, 1.807) is 6.07 Å². The summed E-state index contributed by atoms with van der Waals surface area (Å²) in [7, 11) is 1.89. The van der Waals surface area contributed by atoms with E-state index in [-0.39, 0.29) is 23.0 Å². The van der Waals surface area contributed by atoms with Gasteiger partial charge in [0.15, 0.2) is 5.65 Å². The molecular weight excluding hydrogens is 456 g/mol. The Labute approximate surface area is 209 Å². The Morgan fingerprint density at radius 1 is 1.11 bits per heavy atom. The van der Waals surface area contributed by atoms with Gasteiger partial charge >= 0.3 is 0 Å². The SMILES string of the molecule is Cn1c2ccccc2n2c3nc(NC[C@@H]4CCCO4)ccc3c(=O)c(C(=O)NCCN3CCCC3)c12. The monoisotopic (exact) mass is 488 g/mol. The summed E-state index contributed by atoms with van der Waals surface area (Å²) in [4.78, 5) is 34.4. The first kappa shape index (κ1) is 23.0. The number of carbonyl (C=O) groups excluding carboxylic acids is 1. The number of rotatable bonds is 7. The van der Waals surface area contributed by atoms with Gasteiger partial charge in [0.1, 0.15) is 17.0 Å². The molecular formula is C27H32N6O3. The molecule has 2 aliphatic heterocycles. The van der Waals surface area contributed by atoms with Crippen LogP contribution in [0.25, 0.3) is 27.7 Å². The molecule has 2 saturated heterocycles. The van der Waals surface area contributed by atoms with Gasteiger partial charge in [-0.1, -0.05) is 12.1 Å². The number of benzene rings is 1. The quantitative estimate of drug-likeness (QED) is 0.416. The number of hydrogen-bond donors (Lipinski definition) is 2. The van der Waals surface area contributed by atoms with Crippen LogP contribution in [0.1, 0.15) is 36.0 Å². The molecule has 0 aliphatic carbocycles. The van der Waals surface area contributed by atoms with Crippen LogP contribution >= 0.6 is 0 Å². The van der Waals surface area contributed by atoms with Gasteiger partial charge in [0.2, 0.25) is 5.43 Å². The molecule has 0 saturated carbocycles. The van der Waals surface area contributed by atoms with E-state index in [9.17, 15) is 9.59 Å². The average Bonchev–Trinajstić information content (AvgIpc) is 3.65. The summed E-state index contributed by atoms with van der Waals surface area (Å²) in [5.74, 6) is 0.340. The third-order valence-corrected chi connectivity index (χ3v) is 7.47. The van der Waals surface area contributed by atoms with Crippen LogP contribution in [0, 0.1) is 0 Å². The van der Waals surface area contributed by atoms with Crippen molar-refractivity contribution in [1.82, 2.24) is 24.2 Å². The Balaban J connectivity index is 1.44.